The Bertz CT molecular complexity index is 518. The molecule has 0 aromatic carbocycles. The molecular formula is C10H11N3OS. The molecule has 0 radical (unpaired) electrons. The van der Waals surface area contributed by atoms with Crippen LogP contribution in [0.4, 0.5) is 5.69 Å². The topological polar surface area (TPSA) is 59.2 Å². The highest BCUT2D eigenvalue weighted by atomic mass is 32.1. The van der Waals surface area contributed by atoms with Crippen molar-refractivity contribution < 1.29 is 4.79 Å². The summed E-state index contributed by atoms with van der Waals surface area (Å²) in [6.45, 7) is 0. The number of rotatable bonds is 1. The number of nitrogens with zero attached hydrogens (tertiary/aromatic N) is 2. The van der Waals surface area contributed by atoms with E-state index in [0.29, 0.717) is 16.1 Å². The molecule has 2 N–H and O–H groups in total. The van der Waals surface area contributed by atoms with Crippen LogP contribution in [0.15, 0.2) is 18.3 Å². The van der Waals surface area contributed by atoms with Crippen LogP contribution in [0.1, 0.15) is 9.67 Å². The summed E-state index contributed by atoms with van der Waals surface area (Å²) in [5, 5.41) is 0. The Balaban J connectivity index is 2.63. The van der Waals surface area contributed by atoms with E-state index in [1.54, 1.807) is 20.3 Å². The lowest BCUT2D eigenvalue weighted by atomic mass is 10.3. The first-order valence-corrected chi connectivity index (χ1v) is 5.27. The van der Waals surface area contributed by atoms with Crippen LogP contribution in [0.2, 0.25) is 0 Å². The molecule has 4 nitrogen and oxygen atoms in total. The fourth-order valence-electron chi connectivity index (χ4n) is 1.31. The highest BCUT2D eigenvalue weighted by Crippen LogP contribution is 2.32. The second-order valence-electron chi connectivity index (χ2n) is 3.39. The molecule has 15 heavy (non-hydrogen) atoms. The Labute approximate surface area is 91.3 Å². The Morgan fingerprint density at radius 2 is 2.27 bits per heavy atom. The number of nitrogen functional groups attached to an aromatic ring is 1. The molecule has 1 amide bonds. The molecule has 0 aliphatic rings. The number of hydrogen-bond acceptors (Lipinski definition) is 4. The minimum Gasteiger partial charge on any atom is -0.396 e. The van der Waals surface area contributed by atoms with Gasteiger partial charge in [-0.05, 0) is 12.1 Å². The summed E-state index contributed by atoms with van der Waals surface area (Å²) in [5.41, 5.74) is 7.07. The highest BCUT2D eigenvalue weighted by Gasteiger charge is 2.17. The quantitative estimate of drug-likeness (QED) is 0.795. The minimum absolute atomic E-state index is 0.0736. The zero-order chi connectivity index (χ0) is 11.0. The molecule has 2 aromatic rings. The van der Waals surface area contributed by atoms with Gasteiger partial charge >= 0.3 is 0 Å². The normalized spacial score (nSPS) is 10.5. The fraction of sp³-hybridized carbons (Fsp3) is 0.200. The van der Waals surface area contributed by atoms with Crippen LogP contribution in [0.3, 0.4) is 0 Å². The summed E-state index contributed by atoms with van der Waals surface area (Å²) in [4.78, 5) is 18.0. The van der Waals surface area contributed by atoms with Crippen molar-refractivity contribution in [1.82, 2.24) is 9.88 Å². The van der Waals surface area contributed by atoms with Crippen LogP contribution >= 0.6 is 11.3 Å². The Kier molecular flexibility index (Phi) is 2.32. The summed E-state index contributed by atoms with van der Waals surface area (Å²) >= 11 is 1.38. The molecule has 2 rings (SSSR count). The van der Waals surface area contributed by atoms with Gasteiger partial charge in [-0.1, -0.05) is 0 Å². The van der Waals surface area contributed by atoms with Crippen molar-refractivity contribution in [1.29, 1.82) is 0 Å². The van der Waals surface area contributed by atoms with Gasteiger partial charge < -0.3 is 10.6 Å². The van der Waals surface area contributed by atoms with Crippen LogP contribution in [0, 0.1) is 0 Å². The number of carbonyl (C=O) groups is 1. The Morgan fingerprint density at radius 3 is 2.87 bits per heavy atom. The van der Waals surface area contributed by atoms with Crippen LogP contribution in [-0.4, -0.2) is 29.9 Å². The number of aromatic nitrogens is 1. The molecule has 78 valence electrons. The van der Waals surface area contributed by atoms with E-state index < -0.39 is 0 Å². The van der Waals surface area contributed by atoms with E-state index in [1.807, 2.05) is 12.1 Å². The molecule has 0 saturated heterocycles. The van der Waals surface area contributed by atoms with E-state index >= 15 is 0 Å². The number of hydrogen-bond donors (Lipinski definition) is 1. The molecular weight excluding hydrogens is 210 g/mol. The summed E-state index contributed by atoms with van der Waals surface area (Å²) in [5.74, 6) is -0.0736. The van der Waals surface area contributed by atoms with Crippen molar-refractivity contribution in [2.45, 2.75) is 0 Å². The van der Waals surface area contributed by atoms with E-state index in [9.17, 15) is 4.79 Å². The maximum Gasteiger partial charge on any atom is 0.265 e. The first-order chi connectivity index (χ1) is 7.11. The van der Waals surface area contributed by atoms with Crippen molar-refractivity contribution in [3.63, 3.8) is 0 Å². The molecule has 0 bridgehead atoms. The second-order valence-corrected chi connectivity index (χ2v) is 4.45. The monoisotopic (exact) mass is 221 g/mol. The molecule has 5 heteroatoms. The number of fused-ring (bicyclic) bond motifs is 1. The summed E-state index contributed by atoms with van der Waals surface area (Å²) < 4.78 is 0.945. The van der Waals surface area contributed by atoms with Gasteiger partial charge in [0.25, 0.3) is 5.91 Å². The standard InChI is InChI=1S/C10H11N3OS/c1-13(2)10(14)9-7(11)8-6(15-9)4-3-5-12-8/h3-5H,11H2,1-2H3. The van der Waals surface area contributed by atoms with Gasteiger partial charge in [0.15, 0.2) is 0 Å². The Morgan fingerprint density at radius 1 is 1.53 bits per heavy atom. The van der Waals surface area contributed by atoms with Crippen molar-refractivity contribution >= 4 is 33.1 Å². The highest BCUT2D eigenvalue weighted by molar-refractivity contribution is 7.21. The van der Waals surface area contributed by atoms with Crippen molar-refractivity contribution in [3.05, 3.63) is 23.2 Å². The van der Waals surface area contributed by atoms with Crippen LogP contribution in [-0.2, 0) is 0 Å². The predicted octanol–water partition coefficient (Wildman–Crippen LogP) is 1.58. The van der Waals surface area contributed by atoms with Crippen molar-refractivity contribution in [2.75, 3.05) is 19.8 Å². The first-order valence-electron chi connectivity index (χ1n) is 4.46. The smallest absolute Gasteiger partial charge is 0.265 e. The van der Waals surface area contributed by atoms with Gasteiger partial charge in [-0.15, -0.1) is 11.3 Å². The van der Waals surface area contributed by atoms with Crippen LogP contribution in [0.25, 0.3) is 10.2 Å². The van der Waals surface area contributed by atoms with Crippen LogP contribution in [0.5, 0.6) is 0 Å². The third-order valence-corrected chi connectivity index (χ3v) is 3.23. The lowest BCUT2D eigenvalue weighted by Crippen LogP contribution is -2.21. The minimum atomic E-state index is -0.0736. The van der Waals surface area contributed by atoms with E-state index in [-0.39, 0.29) is 5.91 Å². The fourth-order valence-corrected chi connectivity index (χ4v) is 2.41. The number of carbonyl (C=O) groups excluding carboxylic acids is 1. The zero-order valence-corrected chi connectivity index (χ0v) is 9.34. The number of amides is 1. The second kappa shape index (κ2) is 3.51. The third-order valence-electron chi connectivity index (χ3n) is 2.08. The molecule has 0 fully saturated rings. The van der Waals surface area contributed by atoms with Gasteiger partial charge in [-0.25, -0.2) is 0 Å². The number of anilines is 1. The molecule has 0 aliphatic carbocycles. The van der Waals surface area contributed by atoms with E-state index in [2.05, 4.69) is 4.98 Å². The summed E-state index contributed by atoms with van der Waals surface area (Å²) in [7, 11) is 3.42. The number of pyridine rings is 1. The van der Waals surface area contributed by atoms with Gasteiger partial charge in [0.2, 0.25) is 0 Å². The van der Waals surface area contributed by atoms with Crippen molar-refractivity contribution in [2.24, 2.45) is 0 Å². The SMILES string of the molecule is CN(C)C(=O)c1sc2cccnc2c1N. The molecule has 2 heterocycles. The van der Waals surface area contributed by atoms with E-state index in [1.165, 1.54) is 16.2 Å². The van der Waals surface area contributed by atoms with Gasteiger partial charge in [0, 0.05) is 20.3 Å². The van der Waals surface area contributed by atoms with Gasteiger partial charge in [-0.3, -0.25) is 9.78 Å². The van der Waals surface area contributed by atoms with Gasteiger partial charge in [0.05, 0.1) is 10.4 Å². The van der Waals surface area contributed by atoms with E-state index in [0.717, 1.165) is 4.70 Å². The average Bonchev–Trinajstić information content (AvgIpc) is 2.56. The summed E-state index contributed by atoms with van der Waals surface area (Å²) in [6.07, 6.45) is 1.68. The van der Waals surface area contributed by atoms with Crippen LogP contribution < -0.4 is 5.73 Å². The lowest BCUT2D eigenvalue weighted by Gasteiger charge is -2.08. The molecule has 0 unspecified atom stereocenters. The largest absolute Gasteiger partial charge is 0.396 e. The van der Waals surface area contributed by atoms with Gasteiger partial charge in [-0.2, -0.15) is 0 Å². The van der Waals surface area contributed by atoms with Gasteiger partial charge in [0.1, 0.15) is 10.4 Å². The molecule has 0 atom stereocenters. The zero-order valence-electron chi connectivity index (χ0n) is 8.52. The predicted molar refractivity (Wildman–Crippen MR) is 62.0 cm³/mol. The molecule has 2 aromatic heterocycles. The third kappa shape index (κ3) is 1.55. The first kappa shape index (κ1) is 9.92. The summed E-state index contributed by atoms with van der Waals surface area (Å²) in [6, 6.07) is 3.75. The van der Waals surface area contributed by atoms with Crippen molar-refractivity contribution in [3.8, 4) is 0 Å². The molecule has 0 aliphatic heterocycles. The maximum atomic E-state index is 11.8. The maximum absolute atomic E-state index is 11.8. The number of nitrogens with two attached hydrogens (primary N) is 1. The molecule has 0 spiro atoms. The Hall–Kier alpha value is -1.62. The number of thiophene rings is 1. The molecule has 0 saturated carbocycles. The average molecular weight is 221 g/mol. The lowest BCUT2D eigenvalue weighted by molar-refractivity contribution is 0.0833. The van der Waals surface area contributed by atoms with E-state index in [4.69, 9.17) is 5.73 Å².